The average molecular weight is 416 g/mol. The number of halogens is 5. The number of hydrogen-bond acceptors (Lipinski definition) is 2. The number of benzene rings is 2. The van der Waals surface area contributed by atoms with Crippen molar-refractivity contribution in [2.75, 3.05) is 6.73 Å². The summed E-state index contributed by atoms with van der Waals surface area (Å²) in [6.07, 6.45) is -4.78. The quantitative estimate of drug-likeness (QED) is 0.629. The Hall–Kier alpha value is -2.18. The predicted molar refractivity (Wildman–Crippen MR) is 97.1 cm³/mol. The maximum atomic E-state index is 13.4. The molecule has 1 aliphatic rings. The summed E-state index contributed by atoms with van der Waals surface area (Å²) >= 11 is 12.0. The summed E-state index contributed by atoms with van der Waals surface area (Å²) in [5.74, 6) is -2.06. The van der Waals surface area contributed by atoms with Crippen LogP contribution in [0.15, 0.2) is 54.3 Å². The zero-order valence-corrected chi connectivity index (χ0v) is 15.6. The molecule has 2 aromatic carbocycles. The second-order valence-electron chi connectivity index (χ2n) is 6.00. The summed E-state index contributed by atoms with van der Waals surface area (Å²) in [7, 11) is 0. The van der Waals surface area contributed by atoms with Crippen molar-refractivity contribution in [1.29, 1.82) is 0 Å². The molecule has 0 aromatic heterocycles. The molecule has 0 radical (unpaired) electrons. The maximum absolute atomic E-state index is 13.4. The van der Waals surface area contributed by atoms with Crippen molar-refractivity contribution in [2.24, 2.45) is 0 Å². The molecule has 2 aromatic rings. The Morgan fingerprint density at radius 2 is 1.67 bits per heavy atom. The first-order valence-electron chi connectivity index (χ1n) is 7.95. The molecule has 142 valence electrons. The van der Waals surface area contributed by atoms with Crippen molar-refractivity contribution in [2.45, 2.75) is 19.1 Å². The lowest BCUT2D eigenvalue weighted by Gasteiger charge is -2.35. The van der Waals surface area contributed by atoms with Crippen LogP contribution in [0.2, 0.25) is 10.0 Å². The Balaban J connectivity index is 2.04. The van der Waals surface area contributed by atoms with Crippen LogP contribution in [0.1, 0.15) is 24.1 Å². The monoisotopic (exact) mass is 415 g/mol. The lowest BCUT2D eigenvalue weighted by atomic mass is 9.99. The number of hydrogen-bond donors (Lipinski definition) is 0. The lowest BCUT2D eigenvalue weighted by molar-refractivity contribution is -0.157. The minimum Gasteiger partial charge on any atom is -0.467 e. The van der Waals surface area contributed by atoms with Crippen LogP contribution < -0.4 is 0 Å². The lowest BCUT2D eigenvalue weighted by Crippen LogP contribution is -2.42. The molecule has 1 unspecified atom stereocenters. The summed E-state index contributed by atoms with van der Waals surface area (Å²) in [5.41, 5.74) is 0.206. The highest BCUT2D eigenvalue weighted by Crippen LogP contribution is 2.39. The van der Waals surface area contributed by atoms with Gasteiger partial charge < -0.3 is 4.74 Å². The molecule has 0 spiro atoms. The Morgan fingerprint density at radius 1 is 1.07 bits per heavy atom. The summed E-state index contributed by atoms with van der Waals surface area (Å²) in [6.45, 7) is 1.14. The number of rotatable bonds is 3. The van der Waals surface area contributed by atoms with Gasteiger partial charge in [0.15, 0.2) is 6.73 Å². The Kier molecular flexibility index (Phi) is 5.40. The fourth-order valence-electron chi connectivity index (χ4n) is 2.87. The van der Waals surface area contributed by atoms with E-state index in [2.05, 4.69) is 0 Å². The zero-order valence-electron chi connectivity index (χ0n) is 14.1. The minimum absolute atomic E-state index is 0.135. The van der Waals surface area contributed by atoms with Crippen LogP contribution in [0.3, 0.4) is 0 Å². The van der Waals surface area contributed by atoms with Crippen LogP contribution in [-0.4, -0.2) is 23.7 Å². The van der Waals surface area contributed by atoms with Gasteiger partial charge in [0, 0.05) is 10.0 Å². The number of carbonyl (C=O) groups excluding carboxylic acids is 1. The fourth-order valence-corrected chi connectivity index (χ4v) is 3.42. The fraction of sp³-hybridized carbons (Fsp3) is 0.211. The molecular formula is C19H14Cl2F3NO2. The molecular weight excluding hydrogens is 402 g/mol. The number of amides is 1. The van der Waals surface area contributed by atoms with Gasteiger partial charge in [-0.25, -0.2) is 0 Å². The summed E-state index contributed by atoms with van der Waals surface area (Å²) < 4.78 is 45.2. The van der Waals surface area contributed by atoms with E-state index in [-0.39, 0.29) is 5.56 Å². The molecule has 1 aliphatic heterocycles. The van der Waals surface area contributed by atoms with E-state index in [9.17, 15) is 18.0 Å². The number of carbonyl (C=O) groups is 1. The summed E-state index contributed by atoms with van der Waals surface area (Å²) in [6, 6.07) is 11.8. The van der Waals surface area contributed by atoms with E-state index in [0.717, 1.165) is 0 Å². The Labute approximate surface area is 163 Å². The van der Waals surface area contributed by atoms with Crippen molar-refractivity contribution in [3.05, 3.63) is 75.5 Å². The van der Waals surface area contributed by atoms with E-state index in [1.54, 1.807) is 37.3 Å². The van der Waals surface area contributed by atoms with E-state index in [4.69, 9.17) is 27.9 Å². The molecule has 1 atom stereocenters. The van der Waals surface area contributed by atoms with E-state index in [1.807, 2.05) is 0 Å². The van der Waals surface area contributed by atoms with Gasteiger partial charge in [-0.05, 0) is 36.2 Å². The van der Waals surface area contributed by atoms with Crippen LogP contribution in [-0.2, 0) is 9.53 Å². The standard InChI is InChI=1S/C19H14Cl2F3NO2/c1-11(13-7-14(20)9-15(21)8-13)25-10-27-17(19(22,23)24)16(18(25)26)12-5-3-2-4-6-12/h2-9,11H,10H2,1H3. The molecule has 0 aliphatic carbocycles. The highest BCUT2D eigenvalue weighted by molar-refractivity contribution is 6.34. The average Bonchev–Trinajstić information content (AvgIpc) is 2.60. The normalized spacial score (nSPS) is 16.4. The van der Waals surface area contributed by atoms with Gasteiger partial charge >= 0.3 is 6.18 Å². The van der Waals surface area contributed by atoms with Gasteiger partial charge in [-0.3, -0.25) is 9.69 Å². The Bertz CT molecular complexity index is 877. The van der Waals surface area contributed by atoms with E-state index < -0.39 is 36.2 Å². The van der Waals surface area contributed by atoms with Crippen molar-refractivity contribution >= 4 is 34.7 Å². The van der Waals surface area contributed by atoms with Gasteiger partial charge in [0.25, 0.3) is 5.91 Å². The topological polar surface area (TPSA) is 29.5 Å². The first-order chi connectivity index (χ1) is 12.7. The molecule has 1 heterocycles. The van der Waals surface area contributed by atoms with Gasteiger partial charge in [0.2, 0.25) is 5.76 Å². The van der Waals surface area contributed by atoms with Crippen LogP contribution in [0, 0.1) is 0 Å². The third-order valence-corrected chi connectivity index (χ3v) is 4.64. The van der Waals surface area contributed by atoms with E-state index in [0.29, 0.717) is 15.6 Å². The van der Waals surface area contributed by atoms with Gasteiger partial charge in [-0.2, -0.15) is 13.2 Å². The summed E-state index contributed by atoms with van der Waals surface area (Å²) in [5, 5.41) is 0.731. The molecule has 0 fully saturated rings. The smallest absolute Gasteiger partial charge is 0.449 e. The van der Waals surface area contributed by atoms with Crippen molar-refractivity contribution in [1.82, 2.24) is 4.90 Å². The molecule has 8 heteroatoms. The van der Waals surface area contributed by atoms with Gasteiger partial charge in [-0.15, -0.1) is 0 Å². The first-order valence-corrected chi connectivity index (χ1v) is 8.70. The molecule has 0 saturated carbocycles. The molecule has 27 heavy (non-hydrogen) atoms. The van der Waals surface area contributed by atoms with Gasteiger partial charge in [0.1, 0.15) is 0 Å². The number of alkyl halides is 3. The van der Waals surface area contributed by atoms with E-state index in [1.165, 1.54) is 23.1 Å². The molecule has 0 bridgehead atoms. The SMILES string of the molecule is CC(c1cc(Cl)cc(Cl)c1)N1COC(C(F)(F)F)=C(c2ccccc2)C1=O. The molecule has 0 N–H and O–H groups in total. The van der Waals surface area contributed by atoms with Crippen LogP contribution in [0.5, 0.6) is 0 Å². The molecule has 1 amide bonds. The number of nitrogens with zero attached hydrogens (tertiary/aromatic N) is 1. The third-order valence-electron chi connectivity index (χ3n) is 4.20. The van der Waals surface area contributed by atoms with Crippen molar-refractivity contribution in [3.63, 3.8) is 0 Å². The second kappa shape index (κ2) is 7.44. The van der Waals surface area contributed by atoms with Crippen molar-refractivity contribution < 1.29 is 22.7 Å². The van der Waals surface area contributed by atoms with Gasteiger partial charge in [-0.1, -0.05) is 53.5 Å². The highest BCUT2D eigenvalue weighted by Gasteiger charge is 2.45. The highest BCUT2D eigenvalue weighted by atomic mass is 35.5. The third kappa shape index (κ3) is 4.06. The minimum atomic E-state index is -4.78. The predicted octanol–water partition coefficient (Wildman–Crippen LogP) is 5.84. The molecule has 3 rings (SSSR count). The second-order valence-corrected chi connectivity index (χ2v) is 6.87. The van der Waals surface area contributed by atoms with Crippen molar-refractivity contribution in [3.8, 4) is 0 Å². The van der Waals surface area contributed by atoms with Crippen LogP contribution in [0.4, 0.5) is 13.2 Å². The van der Waals surface area contributed by atoms with Gasteiger partial charge in [0.05, 0.1) is 11.6 Å². The first kappa shape index (κ1) is 19.6. The zero-order chi connectivity index (χ0) is 19.8. The number of ether oxygens (including phenoxy) is 1. The Morgan fingerprint density at radius 3 is 2.22 bits per heavy atom. The van der Waals surface area contributed by atoms with Crippen LogP contribution >= 0.6 is 23.2 Å². The van der Waals surface area contributed by atoms with E-state index >= 15 is 0 Å². The summed E-state index contributed by atoms with van der Waals surface area (Å²) in [4.78, 5) is 14.2. The number of allylic oxidation sites excluding steroid dienone is 1. The molecule has 3 nitrogen and oxygen atoms in total. The van der Waals surface area contributed by atoms with Crippen LogP contribution in [0.25, 0.3) is 5.57 Å². The maximum Gasteiger partial charge on any atom is 0.449 e. The largest absolute Gasteiger partial charge is 0.467 e. The molecule has 0 saturated heterocycles.